The molecule has 0 bridgehead atoms. The number of rotatable bonds is 10. The van der Waals surface area contributed by atoms with Gasteiger partial charge in [0.05, 0.1) is 9.79 Å². The third-order valence-corrected chi connectivity index (χ3v) is 6.78. The van der Waals surface area contributed by atoms with Crippen molar-refractivity contribution < 1.29 is 23.1 Å². The summed E-state index contributed by atoms with van der Waals surface area (Å²) in [7, 11) is -3.87. The minimum atomic E-state index is -3.87. The van der Waals surface area contributed by atoms with Crippen LogP contribution >= 0.6 is 0 Å². The molecule has 35 heavy (non-hydrogen) atoms. The van der Waals surface area contributed by atoms with Crippen molar-refractivity contribution in [3.63, 3.8) is 0 Å². The summed E-state index contributed by atoms with van der Waals surface area (Å²) in [4.78, 5) is 23.3. The summed E-state index contributed by atoms with van der Waals surface area (Å²) in [5.74, 6) is -0.272. The predicted molar refractivity (Wildman–Crippen MR) is 127 cm³/mol. The molecular weight excluding hydrogens is 468 g/mol. The molecular formula is C25H22N4O5S. The number of carbonyl (C=O) groups is 1. The molecule has 178 valence electrons. The highest BCUT2D eigenvalue weighted by atomic mass is 32.2. The number of aliphatic carboxylic acids is 1. The van der Waals surface area contributed by atoms with Crippen molar-refractivity contribution >= 4 is 15.8 Å². The Morgan fingerprint density at radius 1 is 0.914 bits per heavy atom. The molecule has 10 heteroatoms. The number of hydrogen-bond acceptors (Lipinski definition) is 8. The van der Waals surface area contributed by atoms with Gasteiger partial charge in [0.15, 0.2) is 12.4 Å². The Morgan fingerprint density at radius 3 is 2.40 bits per heavy atom. The molecule has 0 unspecified atom stereocenters. The van der Waals surface area contributed by atoms with E-state index in [9.17, 15) is 13.2 Å². The number of carboxylic acids is 1. The summed E-state index contributed by atoms with van der Waals surface area (Å²) in [6, 6.07) is 17.0. The Balaban J connectivity index is 1.56. The molecule has 2 aromatic heterocycles. The number of hydrogen-bond donors (Lipinski definition) is 2. The van der Waals surface area contributed by atoms with E-state index < -0.39 is 22.4 Å². The molecule has 0 atom stereocenters. The van der Waals surface area contributed by atoms with Crippen molar-refractivity contribution in [2.24, 2.45) is 0 Å². The van der Waals surface area contributed by atoms with E-state index in [4.69, 9.17) is 9.84 Å². The molecule has 0 saturated carbocycles. The smallest absolute Gasteiger partial charge is 0.341 e. The van der Waals surface area contributed by atoms with E-state index in [1.54, 1.807) is 54.9 Å². The van der Waals surface area contributed by atoms with Gasteiger partial charge in [-0.1, -0.05) is 18.2 Å². The Hall–Kier alpha value is -4.15. The Bertz CT molecular complexity index is 1410. The monoisotopic (exact) mass is 490 g/mol. The number of nitrogens with one attached hydrogen (secondary N) is 1. The summed E-state index contributed by atoms with van der Waals surface area (Å²) >= 11 is 0. The molecule has 0 aliphatic rings. The fourth-order valence-corrected chi connectivity index (χ4v) is 4.86. The second-order valence-corrected chi connectivity index (χ2v) is 9.45. The van der Waals surface area contributed by atoms with Gasteiger partial charge >= 0.3 is 5.97 Å². The molecule has 0 aliphatic carbocycles. The second-order valence-electron chi connectivity index (χ2n) is 7.53. The van der Waals surface area contributed by atoms with Crippen molar-refractivity contribution in [3.05, 3.63) is 96.6 Å². The SMILES string of the molecule is O=C(O)COc1cccc(CNCc2ccc(-c3ncccn3)c(S(=O)(=O)c3cccnc3)c2)c1. The van der Waals surface area contributed by atoms with Gasteiger partial charge in [0.1, 0.15) is 5.75 Å². The Morgan fingerprint density at radius 2 is 1.69 bits per heavy atom. The van der Waals surface area contributed by atoms with E-state index in [2.05, 4.69) is 20.3 Å². The van der Waals surface area contributed by atoms with Crippen LogP contribution in [0.4, 0.5) is 0 Å². The van der Waals surface area contributed by atoms with Crippen LogP contribution in [0.25, 0.3) is 11.4 Å². The zero-order valence-corrected chi connectivity index (χ0v) is 19.4. The average molecular weight is 491 g/mol. The largest absolute Gasteiger partial charge is 0.482 e. The quantitative estimate of drug-likeness (QED) is 0.344. The van der Waals surface area contributed by atoms with Crippen LogP contribution in [0, 0.1) is 0 Å². The zero-order chi connectivity index (χ0) is 24.7. The molecule has 2 N–H and O–H groups in total. The van der Waals surface area contributed by atoms with Gasteiger partial charge in [0, 0.05) is 43.4 Å². The van der Waals surface area contributed by atoms with Gasteiger partial charge in [-0.3, -0.25) is 4.98 Å². The minimum Gasteiger partial charge on any atom is -0.482 e. The zero-order valence-electron chi connectivity index (χ0n) is 18.5. The third-order valence-electron chi connectivity index (χ3n) is 5.01. The number of ether oxygens (including phenoxy) is 1. The lowest BCUT2D eigenvalue weighted by Crippen LogP contribution is -2.14. The summed E-state index contributed by atoms with van der Waals surface area (Å²) in [5.41, 5.74) is 2.05. The first kappa shape index (κ1) is 24.0. The predicted octanol–water partition coefficient (Wildman–Crippen LogP) is 3.12. The van der Waals surface area contributed by atoms with E-state index in [1.807, 2.05) is 12.1 Å². The van der Waals surface area contributed by atoms with Crippen LogP contribution < -0.4 is 10.1 Å². The minimum absolute atomic E-state index is 0.0838. The molecule has 0 amide bonds. The maximum Gasteiger partial charge on any atom is 0.341 e. The van der Waals surface area contributed by atoms with Crippen LogP contribution in [-0.4, -0.2) is 41.1 Å². The van der Waals surface area contributed by atoms with Gasteiger partial charge < -0.3 is 15.2 Å². The number of sulfone groups is 1. The molecule has 4 aromatic rings. The lowest BCUT2D eigenvalue weighted by molar-refractivity contribution is -0.139. The lowest BCUT2D eigenvalue weighted by Gasteiger charge is -2.13. The maximum absolute atomic E-state index is 13.5. The molecule has 2 heterocycles. The molecule has 0 fully saturated rings. The van der Waals surface area contributed by atoms with Gasteiger partial charge in [-0.2, -0.15) is 0 Å². The first-order valence-corrected chi connectivity index (χ1v) is 12.1. The average Bonchev–Trinajstić information content (AvgIpc) is 2.89. The van der Waals surface area contributed by atoms with Crippen LogP contribution in [-0.2, 0) is 27.7 Å². The summed E-state index contributed by atoms with van der Waals surface area (Å²) < 4.78 is 32.1. The Kier molecular flexibility index (Phi) is 7.44. The lowest BCUT2D eigenvalue weighted by atomic mass is 10.1. The molecule has 4 rings (SSSR count). The molecule has 0 saturated heterocycles. The van der Waals surface area contributed by atoms with Crippen LogP contribution in [0.1, 0.15) is 11.1 Å². The fourth-order valence-electron chi connectivity index (χ4n) is 3.40. The van der Waals surface area contributed by atoms with Crippen molar-refractivity contribution in [3.8, 4) is 17.1 Å². The topological polar surface area (TPSA) is 131 Å². The van der Waals surface area contributed by atoms with Crippen molar-refractivity contribution in [1.29, 1.82) is 0 Å². The summed E-state index contributed by atoms with van der Waals surface area (Å²) in [5, 5.41) is 12.0. The normalized spacial score (nSPS) is 11.2. The number of benzene rings is 2. The molecule has 0 spiro atoms. The van der Waals surface area contributed by atoms with Gasteiger partial charge in [-0.15, -0.1) is 0 Å². The first-order valence-electron chi connectivity index (χ1n) is 10.6. The first-order chi connectivity index (χ1) is 16.9. The molecule has 0 aliphatic heterocycles. The standard InChI is InChI=1S/C25H22N4O5S/c30-24(31)17-34-20-5-1-4-18(12-20)14-27-15-19-7-8-22(25-28-10-3-11-29-25)23(13-19)35(32,33)21-6-2-9-26-16-21/h1-13,16,27H,14-15,17H2,(H,30,31). The third kappa shape index (κ3) is 6.05. The van der Waals surface area contributed by atoms with Crippen LogP contribution in [0.15, 0.2) is 95.2 Å². The van der Waals surface area contributed by atoms with E-state index in [1.165, 1.54) is 18.5 Å². The van der Waals surface area contributed by atoms with E-state index in [-0.39, 0.29) is 9.79 Å². The molecule has 0 radical (unpaired) electrons. The highest BCUT2D eigenvalue weighted by Crippen LogP contribution is 2.30. The molecule has 2 aromatic carbocycles. The number of carboxylic acid groups (broad SMARTS) is 1. The van der Waals surface area contributed by atoms with Crippen molar-refractivity contribution in [2.45, 2.75) is 22.9 Å². The maximum atomic E-state index is 13.5. The Labute approximate surface area is 202 Å². The van der Waals surface area contributed by atoms with E-state index >= 15 is 0 Å². The van der Waals surface area contributed by atoms with Gasteiger partial charge in [0.25, 0.3) is 0 Å². The van der Waals surface area contributed by atoms with Crippen molar-refractivity contribution in [1.82, 2.24) is 20.3 Å². The summed E-state index contributed by atoms with van der Waals surface area (Å²) in [6.07, 6.45) is 5.96. The van der Waals surface area contributed by atoms with Crippen LogP contribution in [0.5, 0.6) is 5.75 Å². The van der Waals surface area contributed by atoms with Gasteiger partial charge in [-0.25, -0.2) is 23.2 Å². The van der Waals surface area contributed by atoms with E-state index in [0.717, 1.165) is 11.1 Å². The van der Waals surface area contributed by atoms with Crippen LogP contribution in [0.3, 0.4) is 0 Å². The fraction of sp³-hybridized carbons (Fsp3) is 0.120. The van der Waals surface area contributed by atoms with Gasteiger partial charge in [-0.05, 0) is 53.6 Å². The van der Waals surface area contributed by atoms with E-state index in [0.29, 0.717) is 30.2 Å². The molecule has 9 nitrogen and oxygen atoms in total. The second kappa shape index (κ2) is 10.9. The van der Waals surface area contributed by atoms with Crippen molar-refractivity contribution in [2.75, 3.05) is 6.61 Å². The van der Waals surface area contributed by atoms with Gasteiger partial charge in [0.2, 0.25) is 9.84 Å². The highest BCUT2D eigenvalue weighted by Gasteiger charge is 2.24. The summed E-state index contributed by atoms with van der Waals surface area (Å²) in [6.45, 7) is 0.451. The number of nitrogens with zero attached hydrogens (tertiary/aromatic N) is 3. The number of pyridine rings is 1. The highest BCUT2D eigenvalue weighted by molar-refractivity contribution is 7.91. The van der Waals surface area contributed by atoms with Crippen LogP contribution in [0.2, 0.25) is 0 Å². The number of aromatic nitrogens is 3.